The van der Waals surface area contributed by atoms with Crippen molar-refractivity contribution in [2.24, 2.45) is 5.11 Å². The molecule has 4 nitrogen and oxygen atoms in total. The van der Waals surface area contributed by atoms with Crippen LogP contribution in [0, 0.1) is 0 Å². The molecule has 15 heavy (non-hydrogen) atoms. The van der Waals surface area contributed by atoms with Crippen molar-refractivity contribution >= 4 is 5.78 Å². The van der Waals surface area contributed by atoms with Crippen molar-refractivity contribution in [1.82, 2.24) is 0 Å². The molecule has 0 aromatic rings. The van der Waals surface area contributed by atoms with Crippen LogP contribution in [0.5, 0.6) is 0 Å². The molecule has 0 aromatic heterocycles. The molecule has 0 unspecified atom stereocenters. The Bertz CT molecular complexity index is 265. The summed E-state index contributed by atoms with van der Waals surface area (Å²) in [6.07, 6.45) is 6.98. The quantitative estimate of drug-likeness (QED) is 0.197. The van der Waals surface area contributed by atoms with Gasteiger partial charge in [-0.2, -0.15) is 0 Å². The molecule has 0 N–H and O–H groups in total. The fourth-order valence-electron chi connectivity index (χ4n) is 1.31. The van der Waals surface area contributed by atoms with Gasteiger partial charge in [0, 0.05) is 11.5 Å². The van der Waals surface area contributed by atoms with Crippen LogP contribution in [-0.2, 0) is 4.79 Å². The van der Waals surface area contributed by atoms with Crippen LogP contribution in [-0.4, -0.2) is 12.3 Å². The van der Waals surface area contributed by atoms with Gasteiger partial charge in [-0.15, -0.1) is 0 Å². The summed E-state index contributed by atoms with van der Waals surface area (Å²) in [5.74, 6) is 0.0830. The van der Waals surface area contributed by atoms with E-state index in [0.29, 0.717) is 13.0 Å². The summed E-state index contributed by atoms with van der Waals surface area (Å²) < 4.78 is 0. The van der Waals surface area contributed by atoms with Crippen LogP contribution in [0.15, 0.2) is 16.8 Å². The minimum absolute atomic E-state index is 0.0830. The number of ketones is 1. The third kappa shape index (κ3) is 7.77. The number of unbranched alkanes of at least 4 members (excludes halogenated alkanes) is 3. The van der Waals surface area contributed by atoms with E-state index in [1.165, 1.54) is 12.8 Å². The number of Topliss-reactive ketones (excluding diaryl/α,β-unsaturated/α-hetero) is 1. The Morgan fingerprint density at radius 3 is 2.73 bits per heavy atom. The molecular weight excluding hydrogens is 190 g/mol. The predicted octanol–water partition coefficient (Wildman–Crippen LogP) is 3.78. The van der Waals surface area contributed by atoms with Gasteiger partial charge < -0.3 is 0 Å². The highest BCUT2D eigenvalue weighted by Gasteiger charge is 2.01. The summed E-state index contributed by atoms with van der Waals surface area (Å²) in [4.78, 5) is 13.9. The van der Waals surface area contributed by atoms with Crippen molar-refractivity contribution in [2.45, 2.75) is 46.0 Å². The summed E-state index contributed by atoms with van der Waals surface area (Å²) in [5, 5.41) is 3.43. The Balaban J connectivity index is 4.01. The second kappa shape index (κ2) is 9.28. The molecule has 0 saturated heterocycles. The Labute approximate surface area is 91.0 Å². The Kier molecular flexibility index (Phi) is 8.49. The highest BCUT2D eigenvalue weighted by molar-refractivity contribution is 5.93. The first-order valence-corrected chi connectivity index (χ1v) is 5.43. The highest BCUT2D eigenvalue weighted by atomic mass is 16.1. The van der Waals surface area contributed by atoms with E-state index in [1.54, 1.807) is 6.92 Å². The molecule has 0 rings (SSSR count). The highest BCUT2D eigenvalue weighted by Crippen LogP contribution is 2.08. The van der Waals surface area contributed by atoms with Gasteiger partial charge in [0.1, 0.15) is 0 Å². The minimum Gasteiger partial charge on any atom is -0.295 e. The zero-order valence-corrected chi connectivity index (χ0v) is 9.57. The standard InChI is InChI=1S/C11H19N3O/c1-3-4-5-6-7-11(10(2)15)8-9-13-14-12/h7H,3-6,8-9H2,1-2H3/b11-7+. The van der Waals surface area contributed by atoms with Gasteiger partial charge in [0.05, 0.1) is 0 Å². The van der Waals surface area contributed by atoms with E-state index in [0.717, 1.165) is 18.4 Å². The average Bonchev–Trinajstić information content (AvgIpc) is 2.21. The molecule has 0 saturated carbocycles. The van der Waals surface area contributed by atoms with Gasteiger partial charge >= 0.3 is 0 Å². The van der Waals surface area contributed by atoms with E-state index < -0.39 is 0 Å². The number of hydrogen-bond acceptors (Lipinski definition) is 2. The van der Waals surface area contributed by atoms with Gasteiger partial charge in [-0.3, -0.25) is 4.79 Å². The van der Waals surface area contributed by atoms with E-state index in [1.807, 2.05) is 6.08 Å². The molecule has 0 spiro atoms. The lowest BCUT2D eigenvalue weighted by Gasteiger charge is -2.00. The Morgan fingerprint density at radius 2 is 2.20 bits per heavy atom. The largest absolute Gasteiger partial charge is 0.295 e. The van der Waals surface area contributed by atoms with E-state index in [4.69, 9.17) is 5.53 Å². The molecule has 0 heterocycles. The minimum atomic E-state index is 0.0830. The smallest absolute Gasteiger partial charge is 0.155 e. The fourth-order valence-corrected chi connectivity index (χ4v) is 1.31. The average molecular weight is 209 g/mol. The van der Waals surface area contributed by atoms with Crippen LogP contribution < -0.4 is 0 Å². The molecular formula is C11H19N3O. The van der Waals surface area contributed by atoms with Crippen molar-refractivity contribution < 1.29 is 4.79 Å². The first kappa shape index (κ1) is 13.7. The van der Waals surface area contributed by atoms with Crippen LogP contribution in [0.4, 0.5) is 0 Å². The number of rotatable bonds is 8. The number of carbonyl (C=O) groups excluding carboxylic acids is 1. The molecule has 84 valence electrons. The molecule has 4 heteroatoms. The molecule has 0 aliphatic heterocycles. The third-order valence-electron chi connectivity index (χ3n) is 2.20. The van der Waals surface area contributed by atoms with Crippen LogP contribution in [0.25, 0.3) is 10.4 Å². The van der Waals surface area contributed by atoms with Crippen molar-refractivity contribution in [1.29, 1.82) is 0 Å². The summed E-state index contributed by atoms with van der Waals surface area (Å²) in [6, 6.07) is 0. The maximum Gasteiger partial charge on any atom is 0.155 e. The second-order valence-corrected chi connectivity index (χ2v) is 3.49. The maximum atomic E-state index is 11.2. The lowest BCUT2D eigenvalue weighted by molar-refractivity contribution is -0.113. The van der Waals surface area contributed by atoms with E-state index in [2.05, 4.69) is 16.9 Å². The topological polar surface area (TPSA) is 65.8 Å². The predicted molar refractivity (Wildman–Crippen MR) is 61.5 cm³/mol. The fraction of sp³-hybridized carbons (Fsp3) is 0.727. The summed E-state index contributed by atoms with van der Waals surface area (Å²) in [5.41, 5.74) is 8.91. The molecule has 0 amide bonds. The van der Waals surface area contributed by atoms with Gasteiger partial charge in [0.25, 0.3) is 0 Å². The summed E-state index contributed by atoms with van der Waals surface area (Å²) in [7, 11) is 0. The number of hydrogen-bond donors (Lipinski definition) is 0. The molecule has 0 aliphatic rings. The van der Waals surface area contributed by atoms with Crippen molar-refractivity contribution in [3.8, 4) is 0 Å². The molecule has 0 atom stereocenters. The lowest BCUT2D eigenvalue weighted by atomic mass is 10.1. The normalized spacial score (nSPS) is 10.9. The zero-order chi connectivity index (χ0) is 11.5. The summed E-state index contributed by atoms with van der Waals surface area (Å²) >= 11 is 0. The second-order valence-electron chi connectivity index (χ2n) is 3.49. The molecule has 0 radical (unpaired) electrons. The first-order valence-electron chi connectivity index (χ1n) is 5.43. The Hall–Kier alpha value is -1.28. The van der Waals surface area contributed by atoms with Crippen molar-refractivity contribution in [3.63, 3.8) is 0 Å². The lowest BCUT2D eigenvalue weighted by Crippen LogP contribution is -1.98. The maximum absolute atomic E-state index is 11.2. The number of azide groups is 1. The SMILES string of the molecule is CCCCC/C=C(\CCN=[N+]=[N-])C(C)=O. The number of allylic oxidation sites excluding steroid dienone is 1. The molecule has 0 bridgehead atoms. The van der Waals surface area contributed by atoms with Gasteiger partial charge in [0.2, 0.25) is 0 Å². The van der Waals surface area contributed by atoms with E-state index in [-0.39, 0.29) is 5.78 Å². The third-order valence-corrected chi connectivity index (χ3v) is 2.20. The number of nitrogens with zero attached hydrogens (tertiary/aromatic N) is 3. The summed E-state index contributed by atoms with van der Waals surface area (Å²) in [6.45, 7) is 4.08. The zero-order valence-electron chi connectivity index (χ0n) is 9.57. The van der Waals surface area contributed by atoms with Crippen LogP contribution in [0.2, 0.25) is 0 Å². The molecule has 0 aromatic carbocycles. The van der Waals surface area contributed by atoms with E-state index >= 15 is 0 Å². The molecule has 0 fully saturated rings. The van der Waals surface area contributed by atoms with Gasteiger partial charge in [0.15, 0.2) is 5.78 Å². The van der Waals surface area contributed by atoms with Gasteiger partial charge in [-0.25, -0.2) is 0 Å². The van der Waals surface area contributed by atoms with Crippen LogP contribution >= 0.6 is 0 Å². The monoisotopic (exact) mass is 209 g/mol. The van der Waals surface area contributed by atoms with Crippen LogP contribution in [0.3, 0.4) is 0 Å². The van der Waals surface area contributed by atoms with E-state index in [9.17, 15) is 4.79 Å². The van der Waals surface area contributed by atoms with Crippen molar-refractivity contribution in [3.05, 3.63) is 22.1 Å². The number of carbonyl (C=O) groups is 1. The van der Waals surface area contributed by atoms with Crippen molar-refractivity contribution in [2.75, 3.05) is 6.54 Å². The Morgan fingerprint density at radius 1 is 1.47 bits per heavy atom. The van der Waals surface area contributed by atoms with Gasteiger partial charge in [-0.1, -0.05) is 31.0 Å². The van der Waals surface area contributed by atoms with Crippen LogP contribution in [0.1, 0.15) is 46.0 Å². The van der Waals surface area contributed by atoms with Gasteiger partial charge in [-0.05, 0) is 37.3 Å². The first-order chi connectivity index (χ1) is 7.22. The molecule has 0 aliphatic carbocycles.